The van der Waals surface area contributed by atoms with Crippen LogP contribution in [0.2, 0.25) is 0 Å². The topological polar surface area (TPSA) is 70.7 Å². The second-order valence-electron chi connectivity index (χ2n) is 7.05. The van der Waals surface area contributed by atoms with Gasteiger partial charge in [-0.3, -0.25) is 20.4 Å². The summed E-state index contributed by atoms with van der Waals surface area (Å²) in [6, 6.07) is 13.7. The van der Waals surface area contributed by atoms with Gasteiger partial charge in [-0.25, -0.2) is 0 Å². The van der Waals surface area contributed by atoms with E-state index in [1.54, 1.807) is 12.1 Å². The van der Waals surface area contributed by atoms with Gasteiger partial charge in [-0.2, -0.15) is 0 Å². The van der Waals surface area contributed by atoms with Gasteiger partial charge in [0.15, 0.2) is 5.78 Å². The molecule has 2 fully saturated rings. The van der Waals surface area contributed by atoms with Crippen LogP contribution in [0.1, 0.15) is 32.7 Å². The van der Waals surface area contributed by atoms with Crippen LogP contribution in [-0.4, -0.2) is 48.4 Å². The molecule has 1 amide bonds. The van der Waals surface area contributed by atoms with Gasteiger partial charge in [-0.1, -0.05) is 18.2 Å². The van der Waals surface area contributed by atoms with E-state index >= 15 is 0 Å². The number of ether oxygens (including phenoxy) is 1. The highest BCUT2D eigenvalue weighted by Crippen LogP contribution is 2.27. The Balaban J connectivity index is 1.39. The molecule has 2 aliphatic rings. The average Bonchev–Trinajstić information content (AvgIpc) is 3.34. The third kappa shape index (κ3) is 3.90. The molecule has 4 rings (SSSR count). The van der Waals surface area contributed by atoms with Crippen LogP contribution in [-0.2, 0) is 0 Å². The van der Waals surface area contributed by atoms with Gasteiger partial charge in [-0.05, 0) is 37.6 Å². The Bertz CT molecular complexity index is 823. The number of para-hydroxylation sites is 1. The summed E-state index contributed by atoms with van der Waals surface area (Å²) in [7, 11) is 0. The minimum atomic E-state index is 0.0000702. The van der Waals surface area contributed by atoms with Crippen LogP contribution < -0.4 is 15.6 Å². The zero-order chi connectivity index (χ0) is 18.8. The third-order valence-electron chi connectivity index (χ3n) is 5.25. The van der Waals surface area contributed by atoms with E-state index in [0.717, 1.165) is 12.2 Å². The van der Waals surface area contributed by atoms with Crippen molar-refractivity contribution in [2.45, 2.75) is 25.4 Å². The van der Waals surface area contributed by atoms with Crippen molar-refractivity contribution in [2.75, 3.05) is 19.7 Å². The summed E-state index contributed by atoms with van der Waals surface area (Å²) in [5.74, 6) is 1.15. The SMILES string of the molecule is CC(=O)c1ccc(C(=O)N2CCC3NNC(COc4ccccc4)C3C2)s1. The number of hydrazine groups is 1. The normalized spacial score (nSPS) is 24.5. The van der Waals surface area contributed by atoms with Gasteiger partial charge >= 0.3 is 0 Å². The molecule has 2 N–H and O–H groups in total. The Morgan fingerprint density at radius 3 is 2.67 bits per heavy atom. The number of hydrogen-bond acceptors (Lipinski definition) is 6. The molecule has 2 saturated heterocycles. The van der Waals surface area contributed by atoms with E-state index in [2.05, 4.69) is 10.9 Å². The summed E-state index contributed by atoms with van der Waals surface area (Å²) in [6.07, 6.45) is 0.899. The van der Waals surface area contributed by atoms with Crippen molar-refractivity contribution in [3.63, 3.8) is 0 Å². The van der Waals surface area contributed by atoms with Gasteiger partial charge in [0, 0.05) is 25.0 Å². The minimum Gasteiger partial charge on any atom is -0.492 e. The zero-order valence-electron chi connectivity index (χ0n) is 15.2. The number of thiophene rings is 1. The van der Waals surface area contributed by atoms with Gasteiger partial charge < -0.3 is 9.64 Å². The molecule has 7 heteroatoms. The molecule has 1 aromatic heterocycles. The molecule has 0 spiro atoms. The monoisotopic (exact) mass is 385 g/mol. The largest absolute Gasteiger partial charge is 0.492 e. The number of piperidine rings is 1. The molecule has 1 aromatic carbocycles. The van der Waals surface area contributed by atoms with Crippen molar-refractivity contribution in [3.05, 3.63) is 52.2 Å². The number of fused-ring (bicyclic) bond motifs is 1. The smallest absolute Gasteiger partial charge is 0.263 e. The number of nitrogens with one attached hydrogen (secondary N) is 2. The van der Waals surface area contributed by atoms with Gasteiger partial charge in [0.2, 0.25) is 0 Å². The van der Waals surface area contributed by atoms with Crippen molar-refractivity contribution in [1.29, 1.82) is 0 Å². The average molecular weight is 385 g/mol. The molecule has 3 heterocycles. The number of benzene rings is 1. The van der Waals surface area contributed by atoms with E-state index in [1.807, 2.05) is 35.2 Å². The lowest BCUT2D eigenvalue weighted by Gasteiger charge is -2.35. The van der Waals surface area contributed by atoms with Gasteiger partial charge in [0.05, 0.1) is 15.8 Å². The fourth-order valence-corrected chi connectivity index (χ4v) is 4.61. The van der Waals surface area contributed by atoms with Crippen LogP contribution in [0.25, 0.3) is 0 Å². The van der Waals surface area contributed by atoms with Crippen LogP contribution in [0, 0.1) is 5.92 Å². The predicted molar refractivity (Wildman–Crippen MR) is 104 cm³/mol. The van der Waals surface area contributed by atoms with E-state index in [4.69, 9.17) is 4.74 Å². The number of hydrogen-bond donors (Lipinski definition) is 2. The number of carbonyl (C=O) groups is 2. The molecule has 0 saturated carbocycles. The van der Waals surface area contributed by atoms with E-state index < -0.39 is 0 Å². The maximum Gasteiger partial charge on any atom is 0.263 e. The molecular weight excluding hydrogens is 362 g/mol. The zero-order valence-corrected chi connectivity index (χ0v) is 16.0. The second kappa shape index (κ2) is 7.80. The maximum atomic E-state index is 12.9. The molecule has 0 aliphatic carbocycles. The summed E-state index contributed by atoms with van der Waals surface area (Å²) in [5.41, 5.74) is 6.69. The van der Waals surface area contributed by atoms with Crippen molar-refractivity contribution in [3.8, 4) is 5.75 Å². The van der Waals surface area contributed by atoms with E-state index in [-0.39, 0.29) is 17.7 Å². The number of ketones is 1. The van der Waals surface area contributed by atoms with Crippen LogP contribution in [0.3, 0.4) is 0 Å². The lowest BCUT2D eigenvalue weighted by Crippen LogP contribution is -2.49. The third-order valence-corrected chi connectivity index (χ3v) is 6.43. The first-order valence-corrected chi connectivity index (χ1v) is 10.0. The summed E-state index contributed by atoms with van der Waals surface area (Å²) >= 11 is 1.28. The molecule has 0 radical (unpaired) electrons. The predicted octanol–water partition coefficient (Wildman–Crippen LogP) is 2.34. The lowest BCUT2D eigenvalue weighted by atomic mass is 9.88. The molecule has 3 unspecified atom stereocenters. The summed E-state index contributed by atoms with van der Waals surface area (Å²) in [4.78, 5) is 27.5. The van der Waals surface area contributed by atoms with Crippen molar-refractivity contribution in [2.24, 2.45) is 5.92 Å². The standard InChI is InChI=1S/C20H23N3O3S/c1-13(24)18-7-8-19(27-18)20(25)23-10-9-16-15(11-23)17(22-21-16)12-26-14-5-3-2-4-6-14/h2-8,15-17,21-22H,9-12H2,1H3. The number of carbonyl (C=O) groups excluding carboxylic acids is 2. The fraction of sp³-hybridized carbons (Fsp3) is 0.400. The molecule has 27 heavy (non-hydrogen) atoms. The summed E-state index contributed by atoms with van der Waals surface area (Å²) in [5, 5.41) is 0. The minimum absolute atomic E-state index is 0.0000702. The van der Waals surface area contributed by atoms with Crippen molar-refractivity contribution < 1.29 is 14.3 Å². The van der Waals surface area contributed by atoms with E-state index in [0.29, 0.717) is 41.4 Å². The first-order chi connectivity index (χ1) is 13.1. The summed E-state index contributed by atoms with van der Waals surface area (Å²) < 4.78 is 5.91. The Morgan fingerprint density at radius 1 is 1.15 bits per heavy atom. The number of amides is 1. The molecule has 6 nitrogen and oxygen atoms in total. The van der Waals surface area contributed by atoms with Gasteiger partial charge in [0.25, 0.3) is 5.91 Å². The molecule has 3 atom stereocenters. The molecule has 142 valence electrons. The lowest BCUT2D eigenvalue weighted by molar-refractivity contribution is 0.0645. The number of Topliss-reactive ketones (excluding diaryl/α,β-unsaturated/α-hetero) is 1. The highest BCUT2D eigenvalue weighted by Gasteiger charge is 2.41. The number of rotatable bonds is 5. The van der Waals surface area contributed by atoms with E-state index in [9.17, 15) is 9.59 Å². The molecule has 0 bridgehead atoms. The highest BCUT2D eigenvalue weighted by molar-refractivity contribution is 7.15. The van der Waals surface area contributed by atoms with Gasteiger partial charge in [-0.15, -0.1) is 11.3 Å². The van der Waals surface area contributed by atoms with Crippen LogP contribution >= 0.6 is 11.3 Å². The molecule has 2 aromatic rings. The number of likely N-dealkylation sites (tertiary alicyclic amines) is 1. The summed E-state index contributed by atoms with van der Waals surface area (Å²) in [6.45, 7) is 3.47. The number of nitrogens with zero attached hydrogens (tertiary/aromatic N) is 1. The molecule has 2 aliphatic heterocycles. The fourth-order valence-electron chi connectivity index (χ4n) is 3.74. The highest BCUT2D eigenvalue weighted by atomic mass is 32.1. The van der Waals surface area contributed by atoms with Crippen molar-refractivity contribution >= 4 is 23.0 Å². The first-order valence-electron chi connectivity index (χ1n) is 9.21. The molecular formula is C20H23N3O3S. The second-order valence-corrected chi connectivity index (χ2v) is 8.13. The first kappa shape index (κ1) is 18.2. The Labute approximate surface area is 162 Å². The Kier molecular flexibility index (Phi) is 5.24. The van der Waals surface area contributed by atoms with Crippen LogP contribution in [0.15, 0.2) is 42.5 Å². The van der Waals surface area contributed by atoms with Gasteiger partial charge in [0.1, 0.15) is 12.4 Å². The quantitative estimate of drug-likeness (QED) is 0.773. The Hall–Kier alpha value is -2.22. The van der Waals surface area contributed by atoms with Crippen LogP contribution in [0.4, 0.5) is 0 Å². The maximum absolute atomic E-state index is 12.9. The van der Waals surface area contributed by atoms with Crippen LogP contribution in [0.5, 0.6) is 5.75 Å². The Morgan fingerprint density at radius 2 is 1.93 bits per heavy atom. The van der Waals surface area contributed by atoms with E-state index in [1.165, 1.54) is 18.3 Å². The van der Waals surface area contributed by atoms with Crippen molar-refractivity contribution in [1.82, 2.24) is 15.8 Å².